The van der Waals surface area contributed by atoms with Gasteiger partial charge in [0.05, 0.1) is 48.3 Å². The van der Waals surface area contributed by atoms with E-state index < -0.39 is 6.09 Å². The molecule has 1 aliphatic heterocycles. The minimum atomic E-state index is -0.522. The number of hydrogen-bond donors (Lipinski definition) is 3. The van der Waals surface area contributed by atoms with Crippen LogP contribution in [0.3, 0.4) is 0 Å². The van der Waals surface area contributed by atoms with Crippen molar-refractivity contribution >= 4 is 50.0 Å². The summed E-state index contributed by atoms with van der Waals surface area (Å²) in [5.41, 5.74) is 3.88. The zero-order valence-corrected chi connectivity index (χ0v) is 36.5. The predicted molar refractivity (Wildman–Crippen MR) is 229 cm³/mol. The Morgan fingerprint density at radius 2 is 1.65 bits per heavy atom. The van der Waals surface area contributed by atoms with E-state index in [2.05, 4.69) is 40.1 Å². The second kappa shape index (κ2) is 22.3. The van der Waals surface area contributed by atoms with Crippen LogP contribution < -0.4 is 20.9 Å². The number of ether oxygens (including phenoxy) is 3. The molecule has 3 amide bonds. The summed E-state index contributed by atoms with van der Waals surface area (Å²) in [6.45, 7) is 12.9. The molecule has 1 aromatic heterocycles. The van der Waals surface area contributed by atoms with Crippen molar-refractivity contribution in [2.45, 2.75) is 116 Å². The smallest absolute Gasteiger partial charge is 0.407 e. The van der Waals surface area contributed by atoms with Gasteiger partial charge in [-0.05, 0) is 77.5 Å². The van der Waals surface area contributed by atoms with Crippen molar-refractivity contribution in [3.63, 3.8) is 0 Å². The SMILES string of the molecule is CCNC(CCCCNC(=O)OCCn1nnc2c1-c1ccccc1CN(C(=O)CCC(=O)NCCC(C)(CC)OCCC(C)(C)OC)c1ccccc1-2)C(=O)I. The summed E-state index contributed by atoms with van der Waals surface area (Å²) in [4.78, 5) is 52.9. The molecule has 0 radical (unpaired) electrons. The molecular weight excluding hydrogens is 841 g/mol. The lowest BCUT2D eigenvalue weighted by atomic mass is 9.95. The minimum absolute atomic E-state index is 0.0314. The van der Waals surface area contributed by atoms with Gasteiger partial charge in [-0.3, -0.25) is 14.4 Å². The molecule has 14 nitrogen and oxygen atoms in total. The largest absolute Gasteiger partial charge is 0.448 e. The first kappa shape index (κ1) is 45.8. The van der Waals surface area contributed by atoms with Crippen LogP contribution in [-0.4, -0.2) is 93.9 Å². The molecule has 0 bridgehead atoms. The summed E-state index contributed by atoms with van der Waals surface area (Å²) < 4.78 is 19.0. The fraction of sp³-hybridized carbons (Fsp3) is 0.571. The number of anilines is 1. The Morgan fingerprint density at radius 1 is 0.912 bits per heavy atom. The van der Waals surface area contributed by atoms with Gasteiger partial charge in [0.25, 0.3) is 0 Å². The molecule has 0 saturated heterocycles. The molecule has 3 aromatic rings. The third-order valence-electron chi connectivity index (χ3n) is 10.5. The van der Waals surface area contributed by atoms with Crippen molar-refractivity contribution < 1.29 is 33.4 Å². The lowest BCUT2D eigenvalue weighted by Gasteiger charge is -2.31. The van der Waals surface area contributed by atoms with Gasteiger partial charge < -0.3 is 35.1 Å². The molecule has 4 rings (SSSR count). The fourth-order valence-electron chi connectivity index (χ4n) is 6.58. The number of hydrogen-bond acceptors (Lipinski definition) is 10. The summed E-state index contributed by atoms with van der Waals surface area (Å²) in [5, 5.41) is 18.0. The van der Waals surface area contributed by atoms with Crippen molar-refractivity contribution in [1.29, 1.82) is 0 Å². The standard InChI is InChI=1S/C42H60IN7O7/c1-7-42(5,57-27-23-41(3,4)55-6)22-25-45-35(51)20-21-36(52)49-29-30-15-9-10-16-31(30)38-37(32-17-11-12-19-34(32)49)47-48-50(38)26-28-56-40(54)46-24-14-13-18-33(39(43)53)44-8-2/h9-12,15-17,19,33,44H,7-8,13-14,18,20-29H2,1-6H3,(H,45,51)(H,46,54). The number of unbranched alkanes of at least 4 members (excludes halogenated alkanes) is 1. The average Bonchev–Trinajstić information content (AvgIpc) is 3.60. The molecule has 312 valence electrons. The Morgan fingerprint density at radius 3 is 2.37 bits per heavy atom. The molecular formula is C42H60IN7O7. The van der Waals surface area contributed by atoms with Crippen LogP contribution in [0.2, 0.25) is 0 Å². The highest BCUT2D eigenvalue weighted by molar-refractivity contribution is 14.1. The van der Waals surface area contributed by atoms with E-state index in [1.165, 1.54) is 0 Å². The predicted octanol–water partition coefficient (Wildman–Crippen LogP) is 6.58. The van der Waals surface area contributed by atoms with E-state index in [4.69, 9.17) is 14.2 Å². The molecule has 0 fully saturated rings. The van der Waals surface area contributed by atoms with Crippen LogP contribution >= 0.6 is 22.6 Å². The van der Waals surface area contributed by atoms with Gasteiger partial charge in [-0.15, -0.1) is 5.10 Å². The Kier molecular flexibility index (Phi) is 17.9. The van der Waals surface area contributed by atoms with Gasteiger partial charge in [0.15, 0.2) is 0 Å². The van der Waals surface area contributed by atoms with Crippen LogP contribution in [0.15, 0.2) is 48.5 Å². The molecule has 1 aliphatic rings. The van der Waals surface area contributed by atoms with Gasteiger partial charge >= 0.3 is 6.09 Å². The van der Waals surface area contributed by atoms with Crippen molar-refractivity contribution in [2.75, 3.05) is 44.9 Å². The van der Waals surface area contributed by atoms with E-state index in [0.717, 1.165) is 54.6 Å². The van der Waals surface area contributed by atoms with Crippen LogP contribution in [0.4, 0.5) is 10.5 Å². The number of carbonyl (C=O) groups is 4. The lowest BCUT2D eigenvalue weighted by Crippen LogP contribution is -2.37. The van der Waals surface area contributed by atoms with Crippen molar-refractivity contribution in [1.82, 2.24) is 30.9 Å². The number of rotatable bonds is 23. The molecule has 0 saturated carbocycles. The molecule has 0 aliphatic carbocycles. The first-order chi connectivity index (χ1) is 27.3. The quantitative estimate of drug-likeness (QED) is 0.0538. The minimum Gasteiger partial charge on any atom is -0.448 e. The van der Waals surface area contributed by atoms with Gasteiger partial charge in [0, 0.05) is 66.8 Å². The molecule has 15 heteroatoms. The highest BCUT2D eigenvalue weighted by Gasteiger charge is 2.30. The fourth-order valence-corrected chi connectivity index (χ4v) is 7.11. The summed E-state index contributed by atoms with van der Waals surface area (Å²) >= 11 is 1.82. The van der Waals surface area contributed by atoms with Crippen LogP contribution in [0.5, 0.6) is 0 Å². The first-order valence-electron chi connectivity index (χ1n) is 20.0. The third-order valence-corrected chi connectivity index (χ3v) is 11.3. The number of nitrogens with one attached hydrogen (secondary N) is 3. The molecule has 3 N–H and O–H groups in total. The molecule has 2 heterocycles. The Bertz CT molecular complexity index is 1800. The highest BCUT2D eigenvalue weighted by atomic mass is 127. The van der Waals surface area contributed by atoms with Gasteiger partial charge in [0.2, 0.25) is 15.6 Å². The lowest BCUT2D eigenvalue weighted by molar-refractivity contribution is -0.125. The molecule has 2 unspecified atom stereocenters. The first-order valence-corrected chi connectivity index (χ1v) is 21.1. The van der Waals surface area contributed by atoms with Gasteiger partial charge in [-0.1, -0.05) is 61.5 Å². The number of amides is 3. The summed E-state index contributed by atoms with van der Waals surface area (Å²) in [5.74, 6) is -0.368. The number of aromatic nitrogens is 3. The Labute approximate surface area is 350 Å². The van der Waals surface area contributed by atoms with Gasteiger partial charge in [0.1, 0.15) is 12.3 Å². The number of alkyl carbamates (subject to hydrolysis) is 1. The topological polar surface area (TPSA) is 166 Å². The second-order valence-corrected chi connectivity index (χ2v) is 16.2. The van der Waals surface area contributed by atoms with Crippen LogP contribution in [0.1, 0.15) is 91.5 Å². The van der Waals surface area contributed by atoms with E-state index in [0.29, 0.717) is 43.9 Å². The maximum absolute atomic E-state index is 14.0. The molecule has 2 atom stereocenters. The number of benzene rings is 2. The van der Waals surface area contributed by atoms with Crippen molar-refractivity contribution in [3.8, 4) is 22.5 Å². The number of para-hydroxylation sites is 1. The molecule has 57 heavy (non-hydrogen) atoms. The van der Waals surface area contributed by atoms with E-state index in [1.54, 1.807) is 16.7 Å². The number of carbonyl (C=O) groups excluding carboxylic acids is 4. The Hall–Kier alpha value is -3.93. The van der Waals surface area contributed by atoms with E-state index in [1.807, 2.05) is 91.9 Å². The number of nitrogens with zero attached hydrogens (tertiary/aromatic N) is 4. The third kappa shape index (κ3) is 13.6. The average molecular weight is 902 g/mol. The monoisotopic (exact) mass is 901 g/mol. The molecule has 0 spiro atoms. The second-order valence-electron chi connectivity index (χ2n) is 15.1. The highest BCUT2D eigenvalue weighted by Crippen LogP contribution is 2.41. The van der Waals surface area contributed by atoms with Crippen LogP contribution in [-0.2, 0) is 41.7 Å². The maximum Gasteiger partial charge on any atom is 0.407 e. The zero-order valence-electron chi connectivity index (χ0n) is 34.3. The maximum atomic E-state index is 14.0. The van der Waals surface area contributed by atoms with Crippen LogP contribution in [0, 0.1) is 0 Å². The van der Waals surface area contributed by atoms with E-state index in [-0.39, 0.29) is 65.4 Å². The normalized spacial score (nSPS) is 13.9. The number of likely N-dealkylation sites (N-methyl/N-ethyl adjacent to an activating group) is 1. The summed E-state index contributed by atoms with van der Waals surface area (Å²) in [6.07, 6.45) is 4.00. The van der Waals surface area contributed by atoms with Crippen molar-refractivity contribution in [3.05, 3.63) is 54.1 Å². The number of halogens is 1. The summed E-state index contributed by atoms with van der Waals surface area (Å²) in [6, 6.07) is 15.2. The number of methoxy groups -OCH3 is 1. The van der Waals surface area contributed by atoms with Gasteiger partial charge in [-0.25, -0.2) is 9.48 Å². The van der Waals surface area contributed by atoms with Gasteiger partial charge in [-0.2, -0.15) is 0 Å². The summed E-state index contributed by atoms with van der Waals surface area (Å²) in [7, 11) is 1.70. The van der Waals surface area contributed by atoms with E-state index in [9.17, 15) is 19.2 Å². The van der Waals surface area contributed by atoms with E-state index >= 15 is 0 Å². The number of fused-ring (bicyclic) bond motifs is 5. The zero-order chi connectivity index (χ0) is 41.4. The Balaban J connectivity index is 1.36. The molecule has 2 aromatic carbocycles. The van der Waals surface area contributed by atoms with Crippen LogP contribution in [0.25, 0.3) is 22.5 Å². The van der Waals surface area contributed by atoms with Crippen molar-refractivity contribution in [2.24, 2.45) is 0 Å².